The zero-order chi connectivity index (χ0) is 12.1. The van der Waals surface area contributed by atoms with Crippen LogP contribution in [0.3, 0.4) is 0 Å². The van der Waals surface area contributed by atoms with E-state index in [1.807, 2.05) is 11.8 Å². The zero-order valence-electron chi connectivity index (χ0n) is 10.1. The first-order valence-corrected chi connectivity index (χ1v) is 6.05. The number of hydrogen-bond acceptors (Lipinski definition) is 5. The molecule has 6 heteroatoms. The normalized spacial score (nSPS) is 17.4. The maximum absolute atomic E-state index is 11.9. The minimum Gasteiger partial charge on any atom is -0.341 e. The summed E-state index contributed by atoms with van der Waals surface area (Å²) in [6, 6.07) is -0.143. The predicted molar refractivity (Wildman–Crippen MR) is 61.3 cm³/mol. The summed E-state index contributed by atoms with van der Waals surface area (Å²) in [5.41, 5.74) is 0. The van der Waals surface area contributed by atoms with Crippen LogP contribution in [-0.2, 0) is 11.2 Å². The molecule has 1 saturated heterocycles. The molecular weight excluding hydrogens is 220 g/mol. The molecule has 2 heterocycles. The lowest BCUT2D eigenvalue weighted by Crippen LogP contribution is -2.44. The van der Waals surface area contributed by atoms with Gasteiger partial charge >= 0.3 is 0 Å². The lowest BCUT2D eigenvalue weighted by molar-refractivity contribution is -0.131. The standard InChI is InChI=1S/C11H18N4O2/c1-9(11(16)15-6-2-3-7-15)12-5-4-10-13-8-14-17-10/h8-9,12H,2-7H2,1H3. The molecule has 17 heavy (non-hydrogen) atoms. The number of aromatic nitrogens is 2. The highest BCUT2D eigenvalue weighted by Gasteiger charge is 2.22. The molecule has 0 spiro atoms. The van der Waals surface area contributed by atoms with Crippen LogP contribution in [-0.4, -0.2) is 46.6 Å². The molecular formula is C11H18N4O2. The molecule has 1 unspecified atom stereocenters. The smallest absolute Gasteiger partial charge is 0.239 e. The van der Waals surface area contributed by atoms with Gasteiger partial charge in [0.2, 0.25) is 11.8 Å². The predicted octanol–water partition coefficient (Wildman–Crippen LogP) is 0.213. The van der Waals surface area contributed by atoms with Gasteiger partial charge in [0.1, 0.15) is 0 Å². The molecule has 1 aromatic heterocycles. The second-order valence-electron chi connectivity index (χ2n) is 4.29. The van der Waals surface area contributed by atoms with Crippen molar-refractivity contribution in [3.63, 3.8) is 0 Å². The van der Waals surface area contributed by atoms with E-state index in [1.165, 1.54) is 6.33 Å². The number of likely N-dealkylation sites (tertiary alicyclic amines) is 1. The van der Waals surface area contributed by atoms with Gasteiger partial charge in [-0.05, 0) is 19.8 Å². The van der Waals surface area contributed by atoms with Crippen molar-refractivity contribution in [2.45, 2.75) is 32.2 Å². The van der Waals surface area contributed by atoms with E-state index in [9.17, 15) is 4.79 Å². The Kier molecular flexibility index (Phi) is 4.08. The van der Waals surface area contributed by atoms with E-state index in [1.54, 1.807) is 0 Å². The average molecular weight is 238 g/mol. The van der Waals surface area contributed by atoms with Crippen molar-refractivity contribution >= 4 is 5.91 Å². The van der Waals surface area contributed by atoms with E-state index in [0.717, 1.165) is 25.9 Å². The quantitative estimate of drug-likeness (QED) is 0.794. The number of rotatable bonds is 5. The largest absolute Gasteiger partial charge is 0.341 e. The Bertz CT molecular complexity index is 346. The number of amides is 1. The molecule has 0 saturated carbocycles. The molecule has 1 amide bonds. The minimum atomic E-state index is -0.143. The highest BCUT2D eigenvalue weighted by atomic mass is 16.5. The first-order valence-electron chi connectivity index (χ1n) is 6.05. The van der Waals surface area contributed by atoms with Crippen LogP contribution in [0.5, 0.6) is 0 Å². The van der Waals surface area contributed by atoms with Gasteiger partial charge in [0, 0.05) is 26.1 Å². The van der Waals surface area contributed by atoms with Gasteiger partial charge in [-0.2, -0.15) is 4.98 Å². The second-order valence-corrected chi connectivity index (χ2v) is 4.29. The van der Waals surface area contributed by atoms with E-state index in [0.29, 0.717) is 18.9 Å². The van der Waals surface area contributed by atoms with E-state index in [2.05, 4.69) is 15.5 Å². The molecule has 94 valence electrons. The number of carbonyl (C=O) groups excluding carboxylic acids is 1. The third kappa shape index (κ3) is 3.26. The molecule has 0 radical (unpaired) electrons. The van der Waals surface area contributed by atoms with Gasteiger partial charge in [-0.15, -0.1) is 0 Å². The van der Waals surface area contributed by atoms with Crippen LogP contribution in [0.2, 0.25) is 0 Å². The molecule has 1 fully saturated rings. The fraction of sp³-hybridized carbons (Fsp3) is 0.727. The van der Waals surface area contributed by atoms with Gasteiger partial charge in [0.25, 0.3) is 0 Å². The average Bonchev–Trinajstić information content (AvgIpc) is 3.00. The second kappa shape index (κ2) is 5.77. The summed E-state index contributed by atoms with van der Waals surface area (Å²) in [7, 11) is 0. The molecule has 1 aliphatic rings. The Hall–Kier alpha value is -1.43. The molecule has 1 atom stereocenters. The van der Waals surface area contributed by atoms with Crippen LogP contribution >= 0.6 is 0 Å². The summed E-state index contributed by atoms with van der Waals surface area (Å²) in [6.45, 7) is 4.36. The Balaban J connectivity index is 1.69. The van der Waals surface area contributed by atoms with Crippen molar-refractivity contribution in [2.24, 2.45) is 0 Å². The monoisotopic (exact) mass is 238 g/mol. The third-order valence-electron chi connectivity index (χ3n) is 2.98. The number of nitrogens with zero attached hydrogens (tertiary/aromatic N) is 3. The molecule has 0 aliphatic carbocycles. The van der Waals surface area contributed by atoms with Gasteiger partial charge in [0.15, 0.2) is 6.33 Å². The van der Waals surface area contributed by atoms with Gasteiger partial charge in [-0.3, -0.25) is 4.79 Å². The summed E-state index contributed by atoms with van der Waals surface area (Å²) in [6.07, 6.45) is 4.28. The van der Waals surface area contributed by atoms with Crippen LogP contribution in [0.4, 0.5) is 0 Å². The van der Waals surface area contributed by atoms with Crippen molar-refractivity contribution in [1.29, 1.82) is 0 Å². The van der Waals surface area contributed by atoms with Gasteiger partial charge < -0.3 is 14.7 Å². The molecule has 2 rings (SSSR count). The lowest BCUT2D eigenvalue weighted by Gasteiger charge is -2.20. The number of hydrogen-bond donors (Lipinski definition) is 1. The van der Waals surface area contributed by atoms with Crippen molar-refractivity contribution in [1.82, 2.24) is 20.4 Å². The van der Waals surface area contributed by atoms with Crippen LogP contribution in [0.1, 0.15) is 25.7 Å². The van der Waals surface area contributed by atoms with Gasteiger partial charge in [-0.25, -0.2) is 0 Å². The van der Waals surface area contributed by atoms with Crippen molar-refractivity contribution in [3.05, 3.63) is 12.2 Å². The lowest BCUT2D eigenvalue weighted by atomic mass is 10.2. The topological polar surface area (TPSA) is 71.3 Å². The number of nitrogens with one attached hydrogen (secondary N) is 1. The van der Waals surface area contributed by atoms with Crippen molar-refractivity contribution in [3.8, 4) is 0 Å². The Morgan fingerprint density at radius 1 is 1.59 bits per heavy atom. The molecule has 1 N–H and O–H groups in total. The summed E-state index contributed by atoms with van der Waals surface area (Å²) in [5, 5.41) is 6.71. The summed E-state index contributed by atoms with van der Waals surface area (Å²) >= 11 is 0. The molecule has 6 nitrogen and oxygen atoms in total. The highest BCUT2D eigenvalue weighted by Crippen LogP contribution is 2.08. The Morgan fingerprint density at radius 3 is 3.00 bits per heavy atom. The van der Waals surface area contributed by atoms with E-state index in [4.69, 9.17) is 4.52 Å². The van der Waals surface area contributed by atoms with E-state index >= 15 is 0 Å². The molecule has 1 aromatic rings. The Morgan fingerprint density at radius 2 is 2.35 bits per heavy atom. The minimum absolute atomic E-state index is 0.143. The van der Waals surface area contributed by atoms with E-state index < -0.39 is 0 Å². The van der Waals surface area contributed by atoms with Crippen LogP contribution in [0.15, 0.2) is 10.9 Å². The van der Waals surface area contributed by atoms with Gasteiger partial charge in [0.05, 0.1) is 6.04 Å². The highest BCUT2D eigenvalue weighted by molar-refractivity contribution is 5.81. The molecule has 0 bridgehead atoms. The van der Waals surface area contributed by atoms with Crippen LogP contribution < -0.4 is 5.32 Å². The maximum atomic E-state index is 11.9. The summed E-state index contributed by atoms with van der Waals surface area (Å²) < 4.78 is 4.88. The van der Waals surface area contributed by atoms with Crippen LogP contribution in [0, 0.1) is 0 Å². The fourth-order valence-corrected chi connectivity index (χ4v) is 2.00. The van der Waals surface area contributed by atoms with Crippen molar-refractivity contribution in [2.75, 3.05) is 19.6 Å². The first kappa shape index (κ1) is 12.0. The van der Waals surface area contributed by atoms with Crippen molar-refractivity contribution < 1.29 is 9.32 Å². The van der Waals surface area contributed by atoms with E-state index in [-0.39, 0.29) is 11.9 Å². The summed E-state index contributed by atoms with van der Waals surface area (Å²) in [5.74, 6) is 0.784. The Labute approximate surface area is 100 Å². The molecule has 0 aromatic carbocycles. The first-order chi connectivity index (χ1) is 8.27. The maximum Gasteiger partial charge on any atom is 0.239 e. The summed E-state index contributed by atoms with van der Waals surface area (Å²) in [4.78, 5) is 17.8. The zero-order valence-corrected chi connectivity index (χ0v) is 10.1. The SMILES string of the molecule is CC(NCCc1ncno1)C(=O)N1CCCC1. The number of carbonyl (C=O) groups is 1. The van der Waals surface area contributed by atoms with Gasteiger partial charge in [-0.1, -0.05) is 5.16 Å². The third-order valence-corrected chi connectivity index (χ3v) is 2.98. The fourth-order valence-electron chi connectivity index (χ4n) is 2.00. The molecule has 1 aliphatic heterocycles. The van der Waals surface area contributed by atoms with Crippen LogP contribution in [0.25, 0.3) is 0 Å².